The first-order chi connectivity index (χ1) is 7.33. The largest absolute Gasteiger partial charge is 0.285 e. The van der Waals surface area contributed by atoms with Gasteiger partial charge in [0.15, 0.2) is 0 Å². The molecular weight excluding hydrogens is 192 g/mol. The van der Waals surface area contributed by atoms with Gasteiger partial charge >= 0.3 is 0 Å². The van der Waals surface area contributed by atoms with Gasteiger partial charge < -0.3 is 0 Å². The lowest BCUT2D eigenvalue weighted by Crippen LogP contribution is -2.11. The van der Waals surface area contributed by atoms with E-state index in [1.807, 2.05) is 6.92 Å². The fourth-order valence-corrected chi connectivity index (χ4v) is 1.33. The second kappa shape index (κ2) is 4.00. The predicted octanol–water partition coefficient (Wildman–Crippen LogP) is 0.924. The Morgan fingerprint density at radius 2 is 2.27 bits per heavy atom. The van der Waals surface area contributed by atoms with Gasteiger partial charge in [-0.3, -0.25) is 14.5 Å². The van der Waals surface area contributed by atoms with Crippen LogP contribution in [-0.4, -0.2) is 25.5 Å². The summed E-state index contributed by atoms with van der Waals surface area (Å²) < 4.78 is 1.64. The molecular formula is C10H10N4O. The number of carbonyl (C=O) groups is 1. The van der Waals surface area contributed by atoms with Gasteiger partial charge in [-0.2, -0.15) is 5.10 Å². The van der Waals surface area contributed by atoms with Crippen molar-refractivity contribution in [2.75, 3.05) is 0 Å². The Bertz CT molecular complexity index is 463. The molecule has 0 unspecified atom stereocenters. The van der Waals surface area contributed by atoms with Crippen molar-refractivity contribution in [3.63, 3.8) is 0 Å². The van der Waals surface area contributed by atoms with Crippen LogP contribution in [0.1, 0.15) is 23.1 Å². The van der Waals surface area contributed by atoms with E-state index in [4.69, 9.17) is 0 Å². The molecule has 0 fully saturated rings. The molecule has 2 aromatic heterocycles. The number of aromatic nitrogens is 4. The number of rotatable bonds is 3. The molecule has 0 spiro atoms. The Balaban J connectivity index is 2.37. The molecule has 2 rings (SSSR count). The zero-order valence-electron chi connectivity index (χ0n) is 8.29. The SMILES string of the molecule is CCn1nccc1C(=O)c1cnccn1. The Morgan fingerprint density at radius 3 is 2.93 bits per heavy atom. The van der Waals surface area contributed by atoms with Crippen LogP contribution in [-0.2, 0) is 6.54 Å². The molecule has 0 amide bonds. The molecule has 0 saturated heterocycles. The van der Waals surface area contributed by atoms with Crippen LogP contribution in [0.4, 0.5) is 0 Å². The highest BCUT2D eigenvalue weighted by Gasteiger charge is 2.14. The first-order valence-electron chi connectivity index (χ1n) is 4.65. The van der Waals surface area contributed by atoms with Crippen molar-refractivity contribution in [2.45, 2.75) is 13.5 Å². The van der Waals surface area contributed by atoms with E-state index in [9.17, 15) is 4.79 Å². The van der Waals surface area contributed by atoms with Crippen LogP contribution in [0, 0.1) is 0 Å². The van der Waals surface area contributed by atoms with Crippen molar-refractivity contribution in [2.24, 2.45) is 0 Å². The van der Waals surface area contributed by atoms with E-state index in [0.29, 0.717) is 17.9 Å². The summed E-state index contributed by atoms with van der Waals surface area (Å²) in [7, 11) is 0. The summed E-state index contributed by atoms with van der Waals surface area (Å²) in [5.74, 6) is -0.151. The van der Waals surface area contributed by atoms with Gasteiger partial charge in [-0.25, -0.2) is 4.98 Å². The molecule has 15 heavy (non-hydrogen) atoms. The Labute approximate surface area is 86.8 Å². The van der Waals surface area contributed by atoms with E-state index in [-0.39, 0.29) is 5.78 Å². The lowest BCUT2D eigenvalue weighted by molar-refractivity contribution is 0.102. The molecule has 5 heteroatoms. The minimum Gasteiger partial charge on any atom is -0.285 e. The van der Waals surface area contributed by atoms with E-state index >= 15 is 0 Å². The van der Waals surface area contributed by atoms with Gasteiger partial charge in [0.25, 0.3) is 0 Å². The maximum Gasteiger partial charge on any atom is 0.230 e. The molecule has 0 radical (unpaired) electrons. The third kappa shape index (κ3) is 1.76. The van der Waals surface area contributed by atoms with Gasteiger partial charge in [-0.15, -0.1) is 0 Å². The number of hydrogen-bond donors (Lipinski definition) is 0. The lowest BCUT2D eigenvalue weighted by atomic mass is 10.2. The second-order valence-corrected chi connectivity index (χ2v) is 2.95. The highest BCUT2D eigenvalue weighted by molar-refractivity contribution is 6.06. The third-order valence-electron chi connectivity index (χ3n) is 2.04. The fourth-order valence-electron chi connectivity index (χ4n) is 1.33. The lowest BCUT2D eigenvalue weighted by Gasteiger charge is -2.02. The van der Waals surface area contributed by atoms with Crippen LogP contribution in [0.2, 0.25) is 0 Å². The van der Waals surface area contributed by atoms with E-state index in [2.05, 4.69) is 15.1 Å². The zero-order chi connectivity index (χ0) is 10.7. The molecule has 2 aromatic rings. The van der Waals surface area contributed by atoms with Crippen molar-refractivity contribution >= 4 is 5.78 Å². The van der Waals surface area contributed by atoms with Crippen molar-refractivity contribution in [1.82, 2.24) is 19.7 Å². The van der Waals surface area contributed by atoms with E-state index in [0.717, 1.165) is 0 Å². The van der Waals surface area contributed by atoms with E-state index < -0.39 is 0 Å². The van der Waals surface area contributed by atoms with Gasteiger partial charge in [0.05, 0.1) is 6.20 Å². The highest BCUT2D eigenvalue weighted by atomic mass is 16.1. The molecule has 76 valence electrons. The summed E-state index contributed by atoms with van der Waals surface area (Å²) >= 11 is 0. The highest BCUT2D eigenvalue weighted by Crippen LogP contribution is 2.05. The third-order valence-corrected chi connectivity index (χ3v) is 2.04. The molecule has 0 atom stereocenters. The molecule has 0 aliphatic rings. The molecule has 0 aliphatic carbocycles. The minimum atomic E-state index is -0.151. The molecule has 0 bridgehead atoms. The standard InChI is InChI=1S/C10H10N4O/c1-2-14-9(3-4-13-14)10(15)8-7-11-5-6-12-8/h3-7H,2H2,1H3. The summed E-state index contributed by atoms with van der Waals surface area (Å²) in [5, 5.41) is 4.03. The van der Waals surface area contributed by atoms with Gasteiger partial charge in [0.2, 0.25) is 5.78 Å². The average molecular weight is 202 g/mol. The number of nitrogens with zero attached hydrogens (tertiary/aromatic N) is 4. The van der Waals surface area contributed by atoms with Crippen LogP contribution in [0.3, 0.4) is 0 Å². The maximum absolute atomic E-state index is 11.9. The number of carbonyl (C=O) groups excluding carboxylic acids is 1. The quantitative estimate of drug-likeness (QED) is 0.694. The summed E-state index contributed by atoms with van der Waals surface area (Å²) in [5.41, 5.74) is 0.880. The van der Waals surface area contributed by atoms with Crippen molar-refractivity contribution < 1.29 is 4.79 Å². The summed E-state index contributed by atoms with van der Waals surface area (Å²) in [6.45, 7) is 2.59. The van der Waals surface area contributed by atoms with Crippen LogP contribution >= 0.6 is 0 Å². The van der Waals surface area contributed by atoms with Crippen LogP contribution in [0.25, 0.3) is 0 Å². The number of ketones is 1. The minimum absolute atomic E-state index is 0.151. The number of hydrogen-bond acceptors (Lipinski definition) is 4. The topological polar surface area (TPSA) is 60.7 Å². The molecule has 0 N–H and O–H groups in total. The van der Waals surface area contributed by atoms with Crippen LogP contribution in [0.15, 0.2) is 30.9 Å². The zero-order valence-corrected chi connectivity index (χ0v) is 8.29. The Hall–Kier alpha value is -2.04. The van der Waals surface area contributed by atoms with E-state index in [1.165, 1.54) is 18.6 Å². The molecule has 0 aliphatic heterocycles. The fraction of sp³-hybridized carbons (Fsp3) is 0.200. The predicted molar refractivity (Wildman–Crippen MR) is 53.4 cm³/mol. The molecule has 0 aromatic carbocycles. The van der Waals surface area contributed by atoms with Gasteiger partial charge in [-0.05, 0) is 13.0 Å². The first-order valence-corrected chi connectivity index (χ1v) is 4.65. The van der Waals surface area contributed by atoms with Crippen LogP contribution in [0.5, 0.6) is 0 Å². The van der Waals surface area contributed by atoms with Gasteiger partial charge in [0, 0.05) is 25.1 Å². The molecule has 2 heterocycles. The van der Waals surface area contributed by atoms with Crippen molar-refractivity contribution in [1.29, 1.82) is 0 Å². The van der Waals surface area contributed by atoms with E-state index in [1.54, 1.807) is 16.9 Å². The normalized spacial score (nSPS) is 10.2. The van der Waals surface area contributed by atoms with Gasteiger partial charge in [0.1, 0.15) is 11.4 Å². The average Bonchev–Trinajstić information content (AvgIpc) is 2.77. The monoisotopic (exact) mass is 202 g/mol. The summed E-state index contributed by atoms with van der Waals surface area (Å²) in [4.78, 5) is 19.7. The Morgan fingerprint density at radius 1 is 1.40 bits per heavy atom. The molecule has 0 saturated carbocycles. The van der Waals surface area contributed by atoms with Crippen LogP contribution < -0.4 is 0 Å². The second-order valence-electron chi connectivity index (χ2n) is 2.95. The molecule has 5 nitrogen and oxygen atoms in total. The van der Waals surface area contributed by atoms with Crippen molar-refractivity contribution in [3.8, 4) is 0 Å². The smallest absolute Gasteiger partial charge is 0.230 e. The first kappa shape index (κ1) is 9.51. The maximum atomic E-state index is 11.9. The number of aryl methyl sites for hydroxylation is 1. The Kier molecular flexibility index (Phi) is 2.53. The summed E-state index contributed by atoms with van der Waals surface area (Å²) in [6.07, 6.45) is 6.09. The van der Waals surface area contributed by atoms with Gasteiger partial charge in [-0.1, -0.05) is 0 Å². The summed E-state index contributed by atoms with van der Waals surface area (Å²) in [6, 6.07) is 1.68. The van der Waals surface area contributed by atoms with Crippen molar-refractivity contribution in [3.05, 3.63) is 42.2 Å².